The zero-order valence-electron chi connectivity index (χ0n) is 9.80. The fourth-order valence-corrected chi connectivity index (χ4v) is 1.18. The molecule has 18 heavy (non-hydrogen) atoms. The first-order valence-corrected chi connectivity index (χ1v) is 7.38. The predicted molar refractivity (Wildman–Crippen MR) is 79.1 cm³/mol. The molecule has 0 aromatic heterocycles. The Morgan fingerprint density at radius 3 is 2.33 bits per heavy atom. The fraction of sp³-hybridized carbons (Fsp3) is 0.600. The van der Waals surface area contributed by atoms with E-state index >= 15 is 0 Å². The van der Waals surface area contributed by atoms with Crippen molar-refractivity contribution in [2.24, 2.45) is 0 Å². The van der Waals surface area contributed by atoms with Crippen molar-refractivity contribution in [1.29, 1.82) is 0 Å². The first-order valence-electron chi connectivity index (χ1n) is 5.00. The highest BCUT2D eigenvalue weighted by Crippen LogP contribution is 2.33. The van der Waals surface area contributed by atoms with Crippen LogP contribution in [0.15, 0.2) is 12.2 Å². The van der Waals surface area contributed by atoms with Crippen molar-refractivity contribution in [2.75, 3.05) is 26.4 Å². The van der Waals surface area contributed by atoms with Crippen LogP contribution in [0.5, 0.6) is 0 Å². The summed E-state index contributed by atoms with van der Waals surface area (Å²) in [6, 6.07) is 0. The second-order valence-electron chi connectivity index (χ2n) is 3.28. The number of hydrogen-bond acceptors (Lipinski definition) is 4. The number of ether oxygens (including phenoxy) is 2. The molecule has 0 aromatic carbocycles. The maximum atomic E-state index is 11.3. The molecule has 1 amide bonds. The van der Waals surface area contributed by atoms with Crippen LogP contribution in [0.1, 0.15) is 6.92 Å². The number of nitrogens with one attached hydrogen (secondary N) is 1. The van der Waals surface area contributed by atoms with Gasteiger partial charge in [0.05, 0.1) is 13.2 Å². The van der Waals surface area contributed by atoms with Crippen molar-refractivity contribution in [1.82, 2.24) is 5.32 Å². The minimum absolute atomic E-state index is 0.166. The van der Waals surface area contributed by atoms with E-state index in [4.69, 9.17) is 9.47 Å². The van der Waals surface area contributed by atoms with Crippen LogP contribution in [-0.4, -0.2) is 40.4 Å². The summed E-state index contributed by atoms with van der Waals surface area (Å²) < 4.78 is 9.02. The molecule has 0 saturated heterocycles. The van der Waals surface area contributed by atoms with Crippen molar-refractivity contribution in [3.05, 3.63) is 12.2 Å². The molecule has 1 N–H and O–H groups in total. The second kappa shape index (κ2) is 9.06. The minimum Gasteiger partial charge on any atom is -0.460 e. The standard InChI is InChI=1S/C10H14Br3NO4/c1-7(2)8(15)18-6-5-17-4-3-14-9(16)10(11,12)13/h1,3-6H2,2H3,(H,14,16). The molecular weight excluding hydrogens is 438 g/mol. The quantitative estimate of drug-likeness (QED) is 0.278. The highest BCUT2D eigenvalue weighted by Gasteiger charge is 2.27. The lowest BCUT2D eigenvalue weighted by atomic mass is 10.4. The first-order chi connectivity index (χ1) is 8.25. The first kappa shape index (κ1) is 18.1. The van der Waals surface area contributed by atoms with Gasteiger partial charge in [-0.05, 0) is 54.7 Å². The fourth-order valence-electron chi connectivity index (χ4n) is 0.756. The number of esters is 1. The monoisotopic (exact) mass is 449 g/mol. The topological polar surface area (TPSA) is 64.6 Å². The third-order valence-electron chi connectivity index (χ3n) is 1.60. The lowest BCUT2D eigenvalue weighted by molar-refractivity contribution is -0.140. The molecule has 0 atom stereocenters. The summed E-state index contributed by atoms with van der Waals surface area (Å²) in [6.45, 7) is 6.16. The van der Waals surface area contributed by atoms with Crippen molar-refractivity contribution in [2.45, 2.75) is 9.07 Å². The Bertz CT molecular complexity index is 315. The third-order valence-corrected chi connectivity index (χ3v) is 2.68. The van der Waals surface area contributed by atoms with E-state index in [1.165, 1.54) is 0 Å². The van der Waals surface area contributed by atoms with E-state index < -0.39 is 8.11 Å². The maximum absolute atomic E-state index is 11.3. The molecule has 0 radical (unpaired) electrons. The van der Waals surface area contributed by atoms with Crippen LogP contribution in [0, 0.1) is 0 Å². The summed E-state index contributed by atoms with van der Waals surface area (Å²) in [7, 11) is 0. The molecule has 0 saturated carbocycles. The Labute approximate surface area is 131 Å². The molecule has 8 heteroatoms. The zero-order valence-corrected chi connectivity index (χ0v) is 14.6. The minimum atomic E-state index is -0.954. The van der Waals surface area contributed by atoms with Gasteiger partial charge in [-0.3, -0.25) is 4.79 Å². The predicted octanol–water partition coefficient (Wildman–Crippen LogP) is 2.08. The maximum Gasteiger partial charge on any atom is 0.333 e. The van der Waals surface area contributed by atoms with Crippen molar-refractivity contribution in [3.8, 4) is 0 Å². The molecule has 0 unspecified atom stereocenters. The van der Waals surface area contributed by atoms with Gasteiger partial charge in [-0.25, -0.2) is 4.79 Å². The van der Waals surface area contributed by atoms with Gasteiger partial charge < -0.3 is 14.8 Å². The lowest BCUT2D eigenvalue weighted by Crippen LogP contribution is -2.35. The Kier molecular flexibility index (Phi) is 9.10. The van der Waals surface area contributed by atoms with Gasteiger partial charge in [0.15, 0.2) is 0 Å². The van der Waals surface area contributed by atoms with Crippen molar-refractivity contribution < 1.29 is 19.1 Å². The summed E-state index contributed by atoms with van der Waals surface area (Å²) in [5.41, 5.74) is 0.352. The van der Waals surface area contributed by atoms with Crippen LogP contribution < -0.4 is 5.32 Å². The highest BCUT2D eigenvalue weighted by molar-refractivity contribution is 9.40. The van der Waals surface area contributed by atoms with Gasteiger partial charge in [-0.1, -0.05) is 6.58 Å². The van der Waals surface area contributed by atoms with E-state index in [0.717, 1.165) is 0 Å². The largest absolute Gasteiger partial charge is 0.460 e. The molecule has 0 fully saturated rings. The number of amides is 1. The molecule has 0 heterocycles. The highest BCUT2D eigenvalue weighted by atomic mass is 80.0. The molecule has 0 spiro atoms. The number of rotatable bonds is 7. The van der Waals surface area contributed by atoms with E-state index in [9.17, 15) is 9.59 Å². The molecule has 0 aliphatic carbocycles. The van der Waals surface area contributed by atoms with Gasteiger partial charge in [0, 0.05) is 12.1 Å². The van der Waals surface area contributed by atoms with Crippen molar-refractivity contribution >= 4 is 59.7 Å². The smallest absolute Gasteiger partial charge is 0.333 e. The van der Waals surface area contributed by atoms with E-state index in [0.29, 0.717) is 18.7 Å². The summed E-state index contributed by atoms with van der Waals surface area (Å²) >= 11 is 9.25. The van der Waals surface area contributed by atoms with E-state index in [2.05, 4.69) is 59.7 Å². The van der Waals surface area contributed by atoms with Crippen LogP contribution >= 0.6 is 47.8 Å². The van der Waals surface area contributed by atoms with E-state index in [-0.39, 0.29) is 19.1 Å². The van der Waals surface area contributed by atoms with Gasteiger partial charge in [0.2, 0.25) is 2.14 Å². The number of carbonyl (C=O) groups excluding carboxylic acids is 2. The Morgan fingerprint density at radius 1 is 1.22 bits per heavy atom. The van der Waals surface area contributed by atoms with Crippen molar-refractivity contribution in [3.63, 3.8) is 0 Å². The summed E-state index contributed by atoms with van der Waals surface area (Å²) in [5, 5.41) is 2.61. The third kappa shape index (κ3) is 9.07. The van der Waals surface area contributed by atoms with Gasteiger partial charge in [-0.15, -0.1) is 0 Å². The Balaban J connectivity index is 3.45. The van der Waals surface area contributed by atoms with Crippen LogP contribution in [0.3, 0.4) is 0 Å². The lowest BCUT2D eigenvalue weighted by Gasteiger charge is -2.12. The van der Waals surface area contributed by atoms with Crippen LogP contribution in [0.25, 0.3) is 0 Å². The Hall–Kier alpha value is 0.0800. The molecule has 0 aromatic rings. The summed E-state index contributed by atoms with van der Waals surface area (Å²) in [4.78, 5) is 22.3. The van der Waals surface area contributed by atoms with Gasteiger partial charge >= 0.3 is 5.97 Å². The number of alkyl halides is 3. The molecule has 5 nitrogen and oxygen atoms in total. The molecule has 0 bridgehead atoms. The molecule has 0 aliphatic heterocycles. The Morgan fingerprint density at radius 2 is 1.83 bits per heavy atom. The normalized spacial score (nSPS) is 10.9. The van der Waals surface area contributed by atoms with E-state index in [1.54, 1.807) is 6.92 Å². The van der Waals surface area contributed by atoms with Crippen LogP contribution in [-0.2, 0) is 19.1 Å². The molecule has 0 aliphatic rings. The molecule has 104 valence electrons. The summed E-state index contributed by atoms with van der Waals surface area (Å²) in [5.74, 6) is -0.700. The average molecular weight is 452 g/mol. The number of carbonyl (C=O) groups is 2. The number of hydrogen-bond donors (Lipinski definition) is 1. The SMILES string of the molecule is C=C(C)C(=O)OCCOCCNC(=O)C(Br)(Br)Br. The van der Waals surface area contributed by atoms with Gasteiger partial charge in [0.25, 0.3) is 5.91 Å². The second-order valence-corrected chi connectivity index (χ2v) is 10.0. The van der Waals surface area contributed by atoms with Crippen LogP contribution in [0.4, 0.5) is 0 Å². The summed E-state index contributed by atoms with van der Waals surface area (Å²) in [6.07, 6.45) is 0. The zero-order chi connectivity index (χ0) is 14.2. The molecule has 0 rings (SSSR count). The van der Waals surface area contributed by atoms with Gasteiger partial charge in [0.1, 0.15) is 6.61 Å². The van der Waals surface area contributed by atoms with E-state index in [1.807, 2.05) is 0 Å². The van der Waals surface area contributed by atoms with Crippen LogP contribution in [0.2, 0.25) is 0 Å². The number of halogens is 3. The average Bonchev–Trinajstić information content (AvgIpc) is 2.25. The molecular formula is C10H14Br3NO4. The van der Waals surface area contributed by atoms with Gasteiger partial charge in [-0.2, -0.15) is 0 Å².